The van der Waals surface area contributed by atoms with Crippen LogP contribution in [0.3, 0.4) is 0 Å². The van der Waals surface area contributed by atoms with E-state index >= 15 is 0 Å². The van der Waals surface area contributed by atoms with Gasteiger partial charge < -0.3 is 0 Å². The molecule has 4 heteroatoms. The molecule has 3 nitrogen and oxygen atoms in total. The number of aryl methyl sites for hydroxylation is 1. The van der Waals surface area contributed by atoms with E-state index in [4.69, 9.17) is 5.14 Å². The quantitative estimate of drug-likeness (QED) is 0.903. The molecule has 0 spiro atoms. The second-order valence-electron chi connectivity index (χ2n) is 4.30. The average molecular weight is 261 g/mol. The molecule has 0 aromatic heterocycles. The third kappa shape index (κ3) is 2.30. The van der Waals surface area contributed by atoms with Gasteiger partial charge in [-0.05, 0) is 36.1 Å². The van der Waals surface area contributed by atoms with Crippen LogP contribution in [0.5, 0.6) is 0 Å². The number of hydrogen-bond acceptors (Lipinski definition) is 2. The summed E-state index contributed by atoms with van der Waals surface area (Å²) in [5, 5.41) is 5.28. The maximum atomic E-state index is 11.6. The second-order valence-corrected chi connectivity index (χ2v) is 5.79. The van der Waals surface area contributed by atoms with Crippen LogP contribution in [0.2, 0.25) is 0 Å². The lowest BCUT2D eigenvalue weighted by Gasteiger charge is -2.12. The highest BCUT2D eigenvalue weighted by Gasteiger charge is 2.17. The van der Waals surface area contributed by atoms with Crippen molar-refractivity contribution in [2.45, 2.75) is 18.7 Å². The van der Waals surface area contributed by atoms with Crippen molar-refractivity contribution in [2.24, 2.45) is 5.14 Å². The average Bonchev–Trinajstić information content (AvgIpc) is 2.28. The molecule has 0 saturated heterocycles. The van der Waals surface area contributed by atoms with Crippen molar-refractivity contribution in [3.8, 4) is 11.1 Å². The predicted octanol–water partition coefficient (Wildman–Crippen LogP) is 2.62. The predicted molar refractivity (Wildman–Crippen MR) is 72.7 cm³/mol. The summed E-state index contributed by atoms with van der Waals surface area (Å²) in [6.45, 7) is 3.54. The number of hydrogen-bond donors (Lipinski definition) is 1. The van der Waals surface area contributed by atoms with Crippen LogP contribution in [0.4, 0.5) is 0 Å². The van der Waals surface area contributed by atoms with Crippen LogP contribution in [0.1, 0.15) is 11.1 Å². The van der Waals surface area contributed by atoms with Gasteiger partial charge in [0.2, 0.25) is 10.0 Å². The minimum Gasteiger partial charge on any atom is -0.225 e. The molecule has 2 aromatic carbocycles. The van der Waals surface area contributed by atoms with Gasteiger partial charge in [-0.3, -0.25) is 0 Å². The second kappa shape index (κ2) is 4.55. The zero-order valence-corrected chi connectivity index (χ0v) is 11.2. The number of primary sulfonamides is 1. The zero-order chi connectivity index (χ0) is 13.3. The summed E-state index contributed by atoms with van der Waals surface area (Å²) >= 11 is 0. The molecule has 18 heavy (non-hydrogen) atoms. The van der Waals surface area contributed by atoms with Crippen molar-refractivity contribution in [3.05, 3.63) is 53.6 Å². The topological polar surface area (TPSA) is 60.2 Å². The van der Waals surface area contributed by atoms with E-state index < -0.39 is 10.0 Å². The molecule has 0 aliphatic heterocycles. The molecule has 0 saturated carbocycles. The largest absolute Gasteiger partial charge is 0.238 e. The van der Waals surface area contributed by atoms with E-state index in [1.54, 1.807) is 19.9 Å². The highest BCUT2D eigenvalue weighted by atomic mass is 32.2. The Hall–Kier alpha value is -1.65. The SMILES string of the molecule is Cc1ccc(-c2ccccc2)c(C)c1S(N)(=O)=O. The summed E-state index contributed by atoms with van der Waals surface area (Å²) < 4.78 is 23.3. The van der Waals surface area contributed by atoms with Gasteiger partial charge in [-0.2, -0.15) is 0 Å². The Morgan fingerprint density at radius 2 is 1.56 bits per heavy atom. The van der Waals surface area contributed by atoms with E-state index in [1.165, 1.54) is 0 Å². The van der Waals surface area contributed by atoms with Gasteiger partial charge in [-0.25, -0.2) is 13.6 Å². The van der Waals surface area contributed by atoms with Crippen LogP contribution in [-0.2, 0) is 10.0 Å². The molecule has 2 rings (SSSR count). The van der Waals surface area contributed by atoms with Crippen LogP contribution in [0.25, 0.3) is 11.1 Å². The van der Waals surface area contributed by atoms with Gasteiger partial charge in [0, 0.05) is 0 Å². The van der Waals surface area contributed by atoms with Gasteiger partial charge in [0.1, 0.15) is 0 Å². The summed E-state index contributed by atoms with van der Waals surface area (Å²) in [6.07, 6.45) is 0. The van der Waals surface area contributed by atoms with Crippen LogP contribution < -0.4 is 5.14 Å². The summed E-state index contributed by atoms with van der Waals surface area (Å²) in [6, 6.07) is 13.4. The maximum absolute atomic E-state index is 11.6. The lowest BCUT2D eigenvalue weighted by molar-refractivity contribution is 0.596. The third-order valence-electron chi connectivity index (χ3n) is 2.97. The summed E-state index contributed by atoms with van der Waals surface area (Å²) in [5.74, 6) is 0. The molecule has 0 amide bonds. The van der Waals surface area contributed by atoms with Gasteiger partial charge >= 0.3 is 0 Å². The van der Waals surface area contributed by atoms with E-state index in [0.29, 0.717) is 11.1 Å². The first-order valence-electron chi connectivity index (χ1n) is 5.59. The van der Waals surface area contributed by atoms with Crippen molar-refractivity contribution in [1.82, 2.24) is 0 Å². The first-order chi connectivity index (χ1) is 8.41. The summed E-state index contributed by atoms with van der Waals surface area (Å²) in [5.41, 5.74) is 3.25. The molecular weight excluding hydrogens is 246 g/mol. The molecule has 0 atom stereocenters. The summed E-state index contributed by atoms with van der Waals surface area (Å²) in [7, 11) is -3.69. The van der Waals surface area contributed by atoms with E-state index in [1.807, 2.05) is 36.4 Å². The van der Waals surface area contributed by atoms with Gasteiger partial charge in [0.25, 0.3) is 0 Å². The van der Waals surface area contributed by atoms with Crippen LogP contribution in [0, 0.1) is 13.8 Å². The minimum atomic E-state index is -3.69. The van der Waals surface area contributed by atoms with Crippen LogP contribution >= 0.6 is 0 Å². The molecule has 2 aromatic rings. The zero-order valence-electron chi connectivity index (χ0n) is 10.3. The smallest absolute Gasteiger partial charge is 0.225 e. The molecule has 0 unspecified atom stereocenters. The molecule has 2 N–H and O–H groups in total. The first-order valence-corrected chi connectivity index (χ1v) is 7.14. The normalized spacial score (nSPS) is 11.5. The first kappa shape index (κ1) is 12.8. The fraction of sp³-hybridized carbons (Fsp3) is 0.143. The summed E-state index contributed by atoms with van der Waals surface area (Å²) in [4.78, 5) is 0.226. The molecule has 0 heterocycles. The molecule has 0 aliphatic carbocycles. The number of benzene rings is 2. The van der Waals surface area contributed by atoms with Gasteiger partial charge in [-0.1, -0.05) is 42.5 Å². The monoisotopic (exact) mass is 261 g/mol. The van der Waals surface area contributed by atoms with Gasteiger partial charge in [-0.15, -0.1) is 0 Å². The molecule has 0 aliphatic rings. The van der Waals surface area contributed by atoms with Crippen molar-refractivity contribution < 1.29 is 8.42 Å². The molecule has 0 bridgehead atoms. The van der Waals surface area contributed by atoms with Crippen molar-refractivity contribution in [3.63, 3.8) is 0 Å². The van der Waals surface area contributed by atoms with Crippen LogP contribution in [0.15, 0.2) is 47.4 Å². The van der Waals surface area contributed by atoms with Gasteiger partial charge in [0.15, 0.2) is 0 Å². The lowest BCUT2D eigenvalue weighted by Crippen LogP contribution is -2.15. The molecule has 0 fully saturated rings. The van der Waals surface area contributed by atoms with E-state index in [-0.39, 0.29) is 4.90 Å². The highest BCUT2D eigenvalue weighted by Crippen LogP contribution is 2.29. The Morgan fingerprint density at radius 3 is 2.11 bits per heavy atom. The fourth-order valence-electron chi connectivity index (χ4n) is 2.20. The van der Waals surface area contributed by atoms with E-state index in [2.05, 4.69) is 0 Å². The van der Waals surface area contributed by atoms with Crippen molar-refractivity contribution in [1.29, 1.82) is 0 Å². The van der Waals surface area contributed by atoms with Crippen molar-refractivity contribution in [2.75, 3.05) is 0 Å². The Kier molecular flexibility index (Phi) is 3.24. The Bertz CT molecular complexity index is 676. The third-order valence-corrected chi connectivity index (χ3v) is 4.17. The number of sulfonamides is 1. The van der Waals surface area contributed by atoms with E-state index in [0.717, 1.165) is 11.1 Å². The van der Waals surface area contributed by atoms with Crippen LogP contribution in [-0.4, -0.2) is 8.42 Å². The molecular formula is C14H15NO2S. The number of nitrogens with two attached hydrogens (primary N) is 1. The van der Waals surface area contributed by atoms with Crippen molar-refractivity contribution >= 4 is 10.0 Å². The Morgan fingerprint density at radius 1 is 0.944 bits per heavy atom. The molecule has 0 radical (unpaired) electrons. The Labute approximate surface area is 107 Å². The maximum Gasteiger partial charge on any atom is 0.238 e. The highest BCUT2D eigenvalue weighted by molar-refractivity contribution is 7.89. The van der Waals surface area contributed by atoms with Gasteiger partial charge in [0.05, 0.1) is 4.90 Å². The standard InChI is InChI=1S/C14H15NO2S/c1-10-8-9-13(12-6-4-3-5-7-12)11(2)14(10)18(15,16)17/h3-9H,1-2H3,(H2,15,16,17). The van der Waals surface area contributed by atoms with E-state index in [9.17, 15) is 8.42 Å². The Balaban J connectivity index is 2.74. The number of rotatable bonds is 2. The lowest BCUT2D eigenvalue weighted by atomic mass is 9.99. The minimum absolute atomic E-state index is 0.226. The fourth-order valence-corrected chi connectivity index (χ4v) is 3.25. The molecule has 94 valence electrons.